The number of aliphatic hydroxyl groups excluding tert-OH is 1. The first-order valence-corrected chi connectivity index (χ1v) is 8.70. The molecule has 27 heavy (non-hydrogen) atoms. The van der Waals surface area contributed by atoms with Gasteiger partial charge < -0.3 is 14.6 Å². The Labute approximate surface area is 156 Å². The minimum atomic E-state index is -1.01. The van der Waals surface area contributed by atoms with Gasteiger partial charge in [0.15, 0.2) is 6.10 Å². The smallest absolute Gasteiger partial charge is 0.247 e. The van der Waals surface area contributed by atoms with Gasteiger partial charge in [0.05, 0.1) is 23.6 Å². The number of hydrogen-bond donors (Lipinski definition) is 1. The van der Waals surface area contributed by atoms with Gasteiger partial charge in [-0.25, -0.2) is 5.01 Å². The van der Waals surface area contributed by atoms with Crippen LogP contribution in [0.4, 0.5) is 0 Å². The van der Waals surface area contributed by atoms with E-state index in [1.54, 1.807) is 32.0 Å². The lowest BCUT2D eigenvalue weighted by Crippen LogP contribution is -2.50. The lowest BCUT2D eigenvalue weighted by atomic mass is 9.87. The van der Waals surface area contributed by atoms with Crippen molar-refractivity contribution in [1.82, 2.24) is 5.01 Å². The molecule has 0 radical (unpaired) electrons. The zero-order valence-electron chi connectivity index (χ0n) is 14.9. The first-order valence-electron chi connectivity index (χ1n) is 8.70. The number of carbonyl (C=O) groups is 1. The molecular weight excluding hydrogens is 348 g/mol. The van der Waals surface area contributed by atoms with E-state index in [-0.39, 0.29) is 24.3 Å². The molecule has 4 rings (SSSR count). The second-order valence-corrected chi connectivity index (χ2v) is 7.49. The number of nitrogens with zero attached hydrogens (tertiary/aromatic N) is 4. The van der Waals surface area contributed by atoms with Crippen molar-refractivity contribution in [3.05, 3.63) is 29.3 Å². The van der Waals surface area contributed by atoms with E-state index < -0.39 is 17.8 Å². The highest BCUT2D eigenvalue weighted by molar-refractivity contribution is 5.96. The SMILES string of the molecule is CC1(C)Oc2ccc(C#N)cc2[C@@H](OC2=NN(CC#N)C(=O)C3CC23)[C@@H]1O. The van der Waals surface area contributed by atoms with Crippen LogP contribution in [0.25, 0.3) is 0 Å². The molecule has 1 N–H and O–H groups in total. The predicted molar refractivity (Wildman–Crippen MR) is 92.1 cm³/mol. The Kier molecular flexibility index (Phi) is 3.83. The molecule has 1 aromatic rings. The third kappa shape index (κ3) is 2.79. The molecule has 1 fully saturated rings. The second-order valence-electron chi connectivity index (χ2n) is 7.49. The lowest BCUT2D eigenvalue weighted by Gasteiger charge is -2.42. The Balaban J connectivity index is 1.71. The van der Waals surface area contributed by atoms with Gasteiger partial charge in [-0.2, -0.15) is 10.5 Å². The van der Waals surface area contributed by atoms with E-state index in [0.717, 1.165) is 5.01 Å². The maximum absolute atomic E-state index is 12.2. The van der Waals surface area contributed by atoms with Gasteiger partial charge >= 0.3 is 0 Å². The highest BCUT2D eigenvalue weighted by atomic mass is 16.5. The highest BCUT2D eigenvalue weighted by Crippen LogP contribution is 2.48. The van der Waals surface area contributed by atoms with E-state index in [1.807, 2.05) is 6.07 Å². The third-order valence-corrected chi connectivity index (χ3v) is 5.18. The van der Waals surface area contributed by atoms with E-state index in [0.29, 0.717) is 29.2 Å². The standard InChI is InChI=1S/C19H18N4O4/c1-19(2)16(24)15(13-7-10(9-21)3-4-14(13)27-19)26-17-11-8-12(11)18(25)23(22-17)6-5-20/h3-4,7,11-12,15-16,24H,6,8H2,1-2H3/t11?,12?,15-,16+/m1/s1. The third-order valence-electron chi connectivity index (χ3n) is 5.18. The maximum Gasteiger partial charge on any atom is 0.247 e. The molecule has 2 heterocycles. The van der Waals surface area contributed by atoms with Crippen LogP contribution in [-0.2, 0) is 9.53 Å². The molecule has 1 aliphatic carbocycles. The van der Waals surface area contributed by atoms with Crippen molar-refractivity contribution < 1.29 is 19.4 Å². The second kappa shape index (κ2) is 5.97. The van der Waals surface area contributed by atoms with Crippen LogP contribution in [0.15, 0.2) is 23.3 Å². The number of amides is 1. The molecule has 2 aliphatic heterocycles. The fourth-order valence-corrected chi connectivity index (χ4v) is 3.54. The molecule has 0 bridgehead atoms. The summed E-state index contributed by atoms with van der Waals surface area (Å²) in [5, 5.41) is 34.3. The Morgan fingerprint density at radius 1 is 1.41 bits per heavy atom. The molecule has 1 aromatic carbocycles. The van der Waals surface area contributed by atoms with Crippen molar-refractivity contribution >= 4 is 11.8 Å². The summed E-state index contributed by atoms with van der Waals surface area (Å²) in [5.41, 5.74) is 0.0742. The van der Waals surface area contributed by atoms with Crippen LogP contribution in [0, 0.1) is 34.5 Å². The molecule has 4 atom stereocenters. The van der Waals surface area contributed by atoms with Gasteiger partial charge in [-0.15, -0.1) is 5.10 Å². The minimum absolute atomic E-state index is 0.131. The summed E-state index contributed by atoms with van der Waals surface area (Å²) >= 11 is 0. The van der Waals surface area contributed by atoms with Gasteiger partial charge in [-0.1, -0.05) is 0 Å². The average molecular weight is 366 g/mol. The molecule has 8 heteroatoms. The van der Waals surface area contributed by atoms with E-state index in [1.165, 1.54) is 0 Å². The number of carbonyl (C=O) groups excluding carboxylic acids is 1. The van der Waals surface area contributed by atoms with Crippen LogP contribution in [-0.4, -0.2) is 40.2 Å². The quantitative estimate of drug-likeness (QED) is 0.792. The Morgan fingerprint density at radius 3 is 2.89 bits per heavy atom. The van der Waals surface area contributed by atoms with Gasteiger partial charge in [0, 0.05) is 11.5 Å². The number of nitriles is 2. The molecule has 0 aromatic heterocycles. The number of hydrazone groups is 1. The van der Waals surface area contributed by atoms with Crippen molar-refractivity contribution in [2.24, 2.45) is 16.9 Å². The van der Waals surface area contributed by atoms with Crippen molar-refractivity contribution in [3.8, 4) is 17.9 Å². The van der Waals surface area contributed by atoms with Gasteiger partial charge in [0.1, 0.15) is 24.0 Å². The fraction of sp³-hybridized carbons (Fsp3) is 0.474. The average Bonchev–Trinajstić information content (AvgIpc) is 3.43. The number of rotatable bonds is 2. The Hall–Kier alpha value is -3.10. The number of aliphatic hydroxyl groups is 1. The van der Waals surface area contributed by atoms with Gasteiger partial charge in [-0.05, 0) is 38.5 Å². The summed E-state index contributed by atoms with van der Waals surface area (Å²) in [5.74, 6) is 0.343. The van der Waals surface area contributed by atoms with Crippen LogP contribution in [0.2, 0.25) is 0 Å². The zero-order chi connectivity index (χ0) is 19.3. The van der Waals surface area contributed by atoms with Gasteiger partial charge in [-0.3, -0.25) is 4.79 Å². The number of benzene rings is 1. The summed E-state index contributed by atoms with van der Waals surface area (Å²) in [6, 6.07) is 8.95. The van der Waals surface area contributed by atoms with Crippen LogP contribution < -0.4 is 4.74 Å². The normalized spacial score (nSPS) is 30.0. The van der Waals surface area contributed by atoms with Crippen molar-refractivity contribution in [2.75, 3.05) is 6.54 Å². The molecule has 1 saturated carbocycles. The predicted octanol–water partition coefficient (Wildman–Crippen LogP) is 1.46. The largest absolute Gasteiger partial charge is 0.485 e. The zero-order valence-corrected chi connectivity index (χ0v) is 14.9. The van der Waals surface area contributed by atoms with Crippen molar-refractivity contribution in [2.45, 2.75) is 38.1 Å². The molecule has 8 nitrogen and oxygen atoms in total. The van der Waals surface area contributed by atoms with Gasteiger partial charge in [0.2, 0.25) is 11.8 Å². The Bertz CT molecular complexity index is 927. The first kappa shape index (κ1) is 17.3. The minimum Gasteiger partial charge on any atom is -0.485 e. The van der Waals surface area contributed by atoms with Crippen molar-refractivity contribution in [3.63, 3.8) is 0 Å². The van der Waals surface area contributed by atoms with Crippen molar-refractivity contribution in [1.29, 1.82) is 10.5 Å². The van der Waals surface area contributed by atoms with Gasteiger partial charge in [0.25, 0.3) is 0 Å². The molecule has 3 aliphatic rings. The molecule has 2 unspecified atom stereocenters. The first-order chi connectivity index (χ1) is 12.9. The topological polar surface area (TPSA) is 119 Å². The summed E-state index contributed by atoms with van der Waals surface area (Å²) in [7, 11) is 0. The maximum atomic E-state index is 12.2. The van der Waals surface area contributed by atoms with Crippen LogP contribution in [0.1, 0.15) is 37.5 Å². The fourth-order valence-electron chi connectivity index (χ4n) is 3.54. The lowest BCUT2D eigenvalue weighted by molar-refractivity contribution is -0.134. The summed E-state index contributed by atoms with van der Waals surface area (Å²) < 4.78 is 12.0. The molecule has 0 spiro atoms. The Morgan fingerprint density at radius 2 is 2.19 bits per heavy atom. The number of fused-ring (bicyclic) bond motifs is 2. The van der Waals surface area contributed by atoms with E-state index >= 15 is 0 Å². The van der Waals surface area contributed by atoms with E-state index in [2.05, 4.69) is 11.2 Å². The monoisotopic (exact) mass is 366 g/mol. The van der Waals surface area contributed by atoms with Crippen LogP contribution in [0.3, 0.4) is 0 Å². The molecule has 138 valence electrons. The number of hydrogen-bond acceptors (Lipinski definition) is 7. The molecule has 0 saturated heterocycles. The van der Waals surface area contributed by atoms with E-state index in [9.17, 15) is 15.2 Å². The van der Waals surface area contributed by atoms with Crippen LogP contribution >= 0.6 is 0 Å². The number of ether oxygens (including phenoxy) is 2. The summed E-state index contributed by atoms with van der Waals surface area (Å²) in [4.78, 5) is 12.2. The van der Waals surface area contributed by atoms with Crippen LogP contribution in [0.5, 0.6) is 5.75 Å². The molecular formula is C19H18N4O4. The highest BCUT2D eigenvalue weighted by Gasteiger charge is 2.54. The van der Waals surface area contributed by atoms with E-state index in [4.69, 9.17) is 14.7 Å². The summed E-state index contributed by atoms with van der Waals surface area (Å²) in [6.07, 6.45) is -1.19. The summed E-state index contributed by atoms with van der Waals surface area (Å²) in [6.45, 7) is 3.36. The molecule has 1 amide bonds.